The van der Waals surface area contributed by atoms with Crippen LogP contribution < -0.4 is 10.6 Å². The van der Waals surface area contributed by atoms with Gasteiger partial charge in [0, 0.05) is 25.2 Å². The van der Waals surface area contributed by atoms with E-state index in [0.717, 1.165) is 11.4 Å². The van der Waals surface area contributed by atoms with Crippen molar-refractivity contribution in [3.8, 4) is 5.82 Å². The van der Waals surface area contributed by atoms with Gasteiger partial charge in [-0.25, -0.2) is 9.67 Å². The van der Waals surface area contributed by atoms with E-state index in [1.54, 1.807) is 17.1 Å². The van der Waals surface area contributed by atoms with Gasteiger partial charge in [0.1, 0.15) is 5.82 Å². The van der Waals surface area contributed by atoms with Crippen LogP contribution in [0.4, 0.5) is 5.82 Å². The summed E-state index contributed by atoms with van der Waals surface area (Å²) >= 11 is 0. The van der Waals surface area contributed by atoms with Crippen molar-refractivity contribution in [3.05, 3.63) is 29.8 Å². The predicted octanol–water partition coefficient (Wildman–Crippen LogP) is 2.78. The highest BCUT2D eigenvalue weighted by molar-refractivity contribution is 5.76. The van der Waals surface area contributed by atoms with Gasteiger partial charge in [0.05, 0.1) is 18.1 Å². The molecule has 0 unspecified atom stereocenters. The molecule has 1 fully saturated rings. The molecule has 0 saturated heterocycles. The molecule has 1 aliphatic rings. The zero-order valence-corrected chi connectivity index (χ0v) is 15.7. The number of carbonyl (C=O) groups is 1. The third-order valence-corrected chi connectivity index (χ3v) is 4.80. The lowest BCUT2D eigenvalue weighted by atomic mass is 9.87. The minimum atomic E-state index is 0.154. The molecule has 0 radical (unpaired) electrons. The van der Waals surface area contributed by atoms with Crippen molar-refractivity contribution in [2.24, 2.45) is 5.92 Å². The van der Waals surface area contributed by atoms with Crippen LogP contribution in [-0.2, 0) is 4.79 Å². The molecule has 2 aromatic heterocycles. The summed E-state index contributed by atoms with van der Waals surface area (Å²) in [6, 6.07) is 2.00. The maximum Gasteiger partial charge on any atom is 0.220 e. The van der Waals surface area contributed by atoms with Crippen LogP contribution in [0.2, 0.25) is 0 Å². The summed E-state index contributed by atoms with van der Waals surface area (Å²) in [6.45, 7) is 5.14. The van der Waals surface area contributed by atoms with Gasteiger partial charge < -0.3 is 10.6 Å². The van der Waals surface area contributed by atoms with Crippen LogP contribution >= 0.6 is 0 Å². The Labute approximate surface area is 154 Å². The molecule has 7 nitrogen and oxygen atoms in total. The van der Waals surface area contributed by atoms with Crippen molar-refractivity contribution in [2.45, 2.75) is 52.4 Å². The monoisotopic (exact) mass is 356 g/mol. The lowest BCUT2D eigenvalue weighted by molar-refractivity contribution is -0.122. The van der Waals surface area contributed by atoms with Gasteiger partial charge in [-0.15, -0.1) is 0 Å². The van der Waals surface area contributed by atoms with Crippen LogP contribution in [0.15, 0.2) is 18.5 Å². The third kappa shape index (κ3) is 5.03. The van der Waals surface area contributed by atoms with Crippen LogP contribution in [0.25, 0.3) is 5.82 Å². The second-order valence-electron chi connectivity index (χ2n) is 7.09. The van der Waals surface area contributed by atoms with Gasteiger partial charge in [-0.3, -0.25) is 9.78 Å². The highest BCUT2D eigenvalue weighted by atomic mass is 16.1. The summed E-state index contributed by atoms with van der Waals surface area (Å²) in [5, 5.41) is 10.6. The number of anilines is 1. The van der Waals surface area contributed by atoms with Crippen molar-refractivity contribution in [1.82, 2.24) is 25.1 Å². The zero-order valence-electron chi connectivity index (χ0n) is 15.7. The first-order valence-corrected chi connectivity index (χ1v) is 9.48. The van der Waals surface area contributed by atoms with Crippen molar-refractivity contribution in [3.63, 3.8) is 0 Å². The first-order valence-electron chi connectivity index (χ1n) is 9.48. The molecule has 1 aliphatic carbocycles. The maximum atomic E-state index is 12.0. The molecule has 1 amide bonds. The topological polar surface area (TPSA) is 84.7 Å². The Morgan fingerprint density at radius 1 is 1.19 bits per heavy atom. The average molecular weight is 356 g/mol. The number of aryl methyl sites for hydroxylation is 2. The molecule has 26 heavy (non-hydrogen) atoms. The van der Waals surface area contributed by atoms with Gasteiger partial charge in [0.15, 0.2) is 5.82 Å². The molecular weight excluding hydrogens is 328 g/mol. The van der Waals surface area contributed by atoms with Crippen LogP contribution in [0.3, 0.4) is 0 Å². The van der Waals surface area contributed by atoms with E-state index in [4.69, 9.17) is 0 Å². The number of nitrogens with zero attached hydrogens (tertiary/aromatic N) is 4. The Balaban J connectivity index is 1.44. The Morgan fingerprint density at radius 2 is 2.00 bits per heavy atom. The van der Waals surface area contributed by atoms with Gasteiger partial charge in [0.25, 0.3) is 0 Å². The number of nitrogens with one attached hydrogen (secondary N) is 2. The largest absolute Gasteiger partial charge is 0.367 e. The van der Waals surface area contributed by atoms with Crippen LogP contribution in [0.5, 0.6) is 0 Å². The first kappa shape index (κ1) is 18.4. The van der Waals surface area contributed by atoms with Crippen molar-refractivity contribution in [2.75, 3.05) is 18.4 Å². The molecular formula is C19H28N6O. The fourth-order valence-corrected chi connectivity index (χ4v) is 3.52. The fourth-order valence-electron chi connectivity index (χ4n) is 3.52. The molecule has 0 aromatic carbocycles. The van der Waals surface area contributed by atoms with Crippen LogP contribution in [0.1, 0.15) is 49.9 Å². The molecule has 0 spiro atoms. The second kappa shape index (κ2) is 8.78. The van der Waals surface area contributed by atoms with Gasteiger partial charge in [-0.1, -0.05) is 19.3 Å². The molecule has 7 heteroatoms. The number of carbonyl (C=O) groups excluding carboxylic acids is 1. The lowest BCUT2D eigenvalue weighted by Crippen LogP contribution is -2.30. The second-order valence-corrected chi connectivity index (χ2v) is 7.09. The first-order chi connectivity index (χ1) is 12.6. The minimum absolute atomic E-state index is 0.154. The number of amides is 1. The SMILES string of the molecule is Cc1cc(C)n(-c2cncc(NCCNC(=O)CC3CCCCC3)n2)n1. The Morgan fingerprint density at radius 3 is 2.73 bits per heavy atom. The summed E-state index contributed by atoms with van der Waals surface area (Å²) in [7, 11) is 0. The highest BCUT2D eigenvalue weighted by Gasteiger charge is 2.16. The lowest BCUT2D eigenvalue weighted by Gasteiger charge is -2.20. The molecule has 140 valence electrons. The van der Waals surface area contributed by atoms with Gasteiger partial charge in [0.2, 0.25) is 5.91 Å². The molecule has 1 saturated carbocycles. The van der Waals surface area contributed by atoms with Crippen LogP contribution in [-0.4, -0.2) is 38.7 Å². The normalized spacial score (nSPS) is 15.0. The van der Waals surface area contributed by atoms with Gasteiger partial charge in [-0.2, -0.15) is 5.10 Å². The van der Waals surface area contributed by atoms with E-state index < -0.39 is 0 Å². The minimum Gasteiger partial charge on any atom is -0.367 e. The van der Waals surface area contributed by atoms with Crippen LogP contribution in [0, 0.1) is 19.8 Å². The number of aromatic nitrogens is 4. The van der Waals surface area contributed by atoms with E-state index in [9.17, 15) is 4.79 Å². The van der Waals surface area contributed by atoms with Crippen molar-refractivity contribution >= 4 is 11.7 Å². The number of hydrogen-bond acceptors (Lipinski definition) is 5. The highest BCUT2D eigenvalue weighted by Crippen LogP contribution is 2.25. The molecule has 3 rings (SSSR count). The standard InChI is InChI=1S/C19H28N6O/c1-14-10-15(2)25(24-14)18-13-20-12-17(23-18)21-8-9-22-19(26)11-16-6-4-3-5-7-16/h10,12-13,16H,3-9,11H2,1-2H3,(H,21,23)(H,22,26). The predicted molar refractivity (Wildman–Crippen MR) is 101 cm³/mol. The summed E-state index contributed by atoms with van der Waals surface area (Å²) in [5.74, 6) is 2.08. The van der Waals surface area contributed by atoms with E-state index >= 15 is 0 Å². The van der Waals surface area contributed by atoms with E-state index in [1.165, 1.54) is 32.1 Å². The van der Waals surface area contributed by atoms with Gasteiger partial charge >= 0.3 is 0 Å². The smallest absolute Gasteiger partial charge is 0.220 e. The molecule has 0 atom stereocenters. The van der Waals surface area contributed by atoms with Gasteiger partial charge in [-0.05, 0) is 38.7 Å². The van der Waals surface area contributed by atoms with E-state index in [-0.39, 0.29) is 5.91 Å². The summed E-state index contributed by atoms with van der Waals surface area (Å²) in [6.07, 6.45) is 10.3. The summed E-state index contributed by atoms with van der Waals surface area (Å²) in [5.41, 5.74) is 1.97. The molecule has 0 aliphatic heterocycles. The fraction of sp³-hybridized carbons (Fsp3) is 0.579. The summed E-state index contributed by atoms with van der Waals surface area (Å²) < 4.78 is 1.78. The Hall–Kier alpha value is -2.44. The van der Waals surface area contributed by atoms with E-state index in [0.29, 0.717) is 37.1 Å². The van der Waals surface area contributed by atoms with Crippen molar-refractivity contribution < 1.29 is 4.79 Å². The molecule has 2 heterocycles. The molecule has 0 bridgehead atoms. The third-order valence-electron chi connectivity index (χ3n) is 4.80. The van der Waals surface area contributed by atoms with E-state index in [1.807, 2.05) is 19.9 Å². The number of rotatable bonds is 7. The summed E-state index contributed by atoms with van der Waals surface area (Å²) in [4.78, 5) is 20.8. The quantitative estimate of drug-likeness (QED) is 0.745. The Bertz CT molecular complexity index is 735. The van der Waals surface area contributed by atoms with E-state index in [2.05, 4.69) is 25.7 Å². The zero-order chi connectivity index (χ0) is 18.4. The number of hydrogen-bond donors (Lipinski definition) is 2. The van der Waals surface area contributed by atoms with Crippen molar-refractivity contribution in [1.29, 1.82) is 0 Å². The molecule has 2 N–H and O–H groups in total. The average Bonchev–Trinajstić information content (AvgIpc) is 2.98. The maximum absolute atomic E-state index is 12.0. The Kier molecular flexibility index (Phi) is 6.20. The molecule has 2 aromatic rings.